The molecule has 2 aromatic carbocycles. The Bertz CT molecular complexity index is 1090. The highest BCUT2D eigenvalue weighted by Crippen LogP contribution is 2.19. The summed E-state index contributed by atoms with van der Waals surface area (Å²) in [7, 11) is 6.90. The number of urea groups is 1. The zero-order valence-electron chi connectivity index (χ0n) is 17.2. The summed E-state index contributed by atoms with van der Waals surface area (Å²) in [5.41, 5.74) is 3.01. The normalized spacial score (nSPS) is 10.8. The molecule has 0 unspecified atom stereocenters. The molecular formula is C21H24FN5O2. The summed E-state index contributed by atoms with van der Waals surface area (Å²) < 4.78 is 15.6. The van der Waals surface area contributed by atoms with Crippen molar-refractivity contribution in [3.63, 3.8) is 0 Å². The van der Waals surface area contributed by atoms with Crippen LogP contribution in [0.25, 0.3) is 11.0 Å². The molecule has 3 aromatic rings. The van der Waals surface area contributed by atoms with Gasteiger partial charge >= 0.3 is 6.03 Å². The van der Waals surface area contributed by atoms with Crippen molar-refractivity contribution in [2.24, 2.45) is 7.05 Å². The number of imidazole rings is 1. The molecule has 0 fully saturated rings. The van der Waals surface area contributed by atoms with Crippen LogP contribution in [0.15, 0.2) is 36.4 Å². The minimum absolute atomic E-state index is 0.0964. The van der Waals surface area contributed by atoms with Crippen molar-refractivity contribution in [1.29, 1.82) is 0 Å². The summed E-state index contributed by atoms with van der Waals surface area (Å²) >= 11 is 0. The van der Waals surface area contributed by atoms with E-state index in [1.807, 2.05) is 17.7 Å². The largest absolute Gasteiger partial charge is 0.345 e. The van der Waals surface area contributed by atoms with Crippen LogP contribution in [-0.4, -0.2) is 52.4 Å². The summed E-state index contributed by atoms with van der Waals surface area (Å²) in [4.78, 5) is 32.2. The van der Waals surface area contributed by atoms with Gasteiger partial charge in [0.05, 0.1) is 17.6 Å². The second kappa shape index (κ2) is 7.90. The molecule has 152 valence electrons. The van der Waals surface area contributed by atoms with Gasteiger partial charge in [-0.25, -0.2) is 14.2 Å². The van der Waals surface area contributed by atoms with Gasteiger partial charge in [0, 0.05) is 39.4 Å². The zero-order valence-corrected chi connectivity index (χ0v) is 17.2. The van der Waals surface area contributed by atoms with Gasteiger partial charge in [-0.3, -0.25) is 4.79 Å². The van der Waals surface area contributed by atoms with Gasteiger partial charge < -0.3 is 19.7 Å². The topological polar surface area (TPSA) is 70.5 Å². The number of nitrogens with one attached hydrogen (secondary N) is 1. The van der Waals surface area contributed by atoms with E-state index in [1.54, 1.807) is 52.3 Å². The number of rotatable bonds is 4. The second-order valence-electron chi connectivity index (χ2n) is 7.24. The maximum Gasteiger partial charge on any atom is 0.321 e. The van der Waals surface area contributed by atoms with E-state index in [2.05, 4.69) is 10.3 Å². The van der Waals surface area contributed by atoms with Gasteiger partial charge in [0.15, 0.2) is 0 Å². The van der Waals surface area contributed by atoms with Gasteiger partial charge in [-0.15, -0.1) is 0 Å². The Labute approximate surface area is 168 Å². The predicted octanol–water partition coefficient (Wildman–Crippen LogP) is 3.39. The third kappa shape index (κ3) is 4.21. The Morgan fingerprint density at radius 3 is 2.52 bits per heavy atom. The summed E-state index contributed by atoms with van der Waals surface area (Å²) in [6.45, 7) is 1.92. The SMILES string of the molecule is Cc1ccc(NC(=O)N(C)Cc2nc3cc(C(=O)N(C)C)ccc3n2C)cc1F. The lowest BCUT2D eigenvalue weighted by Gasteiger charge is -2.18. The second-order valence-corrected chi connectivity index (χ2v) is 7.24. The summed E-state index contributed by atoms with van der Waals surface area (Å²) in [6.07, 6.45) is 0. The third-order valence-electron chi connectivity index (χ3n) is 4.77. The lowest BCUT2D eigenvalue weighted by molar-refractivity contribution is 0.0827. The van der Waals surface area contributed by atoms with Gasteiger partial charge in [0.25, 0.3) is 5.91 Å². The molecule has 1 N–H and O–H groups in total. The number of anilines is 1. The summed E-state index contributed by atoms with van der Waals surface area (Å²) in [5.74, 6) is 0.201. The molecule has 0 radical (unpaired) electrons. The van der Waals surface area contributed by atoms with Crippen molar-refractivity contribution >= 4 is 28.7 Å². The van der Waals surface area contributed by atoms with Crippen LogP contribution in [0.4, 0.5) is 14.9 Å². The molecule has 0 aliphatic rings. The van der Waals surface area contributed by atoms with E-state index >= 15 is 0 Å². The molecule has 7 nitrogen and oxygen atoms in total. The van der Waals surface area contributed by atoms with Crippen molar-refractivity contribution < 1.29 is 14.0 Å². The van der Waals surface area contributed by atoms with Crippen LogP contribution >= 0.6 is 0 Å². The van der Waals surface area contributed by atoms with Gasteiger partial charge in [-0.1, -0.05) is 6.07 Å². The number of hydrogen-bond donors (Lipinski definition) is 1. The van der Waals surface area contributed by atoms with E-state index in [0.717, 1.165) is 5.52 Å². The molecule has 0 saturated heterocycles. The number of aryl methyl sites for hydroxylation is 2. The minimum atomic E-state index is -0.371. The van der Waals surface area contributed by atoms with Crippen LogP contribution in [0.5, 0.6) is 0 Å². The number of carbonyl (C=O) groups is 2. The first-order chi connectivity index (χ1) is 13.7. The molecule has 1 aromatic heterocycles. The fraction of sp³-hybridized carbons (Fsp3) is 0.286. The monoisotopic (exact) mass is 397 g/mol. The minimum Gasteiger partial charge on any atom is -0.345 e. The Hall–Kier alpha value is -3.42. The van der Waals surface area contributed by atoms with E-state index in [0.29, 0.717) is 28.2 Å². The molecule has 1 heterocycles. The fourth-order valence-corrected chi connectivity index (χ4v) is 2.96. The standard InChI is InChI=1S/C21H24FN5O2/c1-13-6-8-15(11-16(13)22)23-21(29)26(4)12-19-24-17-10-14(20(28)25(2)3)7-9-18(17)27(19)5/h6-11H,12H2,1-5H3,(H,23,29). The molecule has 29 heavy (non-hydrogen) atoms. The van der Waals surface area contributed by atoms with Crippen LogP contribution in [0.2, 0.25) is 0 Å². The lowest BCUT2D eigenvalue weighted by atomic mass is 10.2. The smallest absolute Gasteiger partial charge is 0.321 e. The number of hydrogen-bond acceptors (Lipinski definition) is 3. The maximum atomic E-state index is 13.7. The van der Waals surface area contributed by atoms with Crippen molar-refractivity contribution in [1.82, 2.24) is 19.4 Å². The van der Waals surface area contributed by atoms with Crippen LogP contribution in [-0.2, 0) is 13.6 Å². The first-order valence-corrected chi connectivity index (χ1v) is 9.12. The molecule has 0 aliphatic carbocycles. The number of fused-ring (bicyclic) bond motifs is 1. The Kier molecular flexibility index (Phi) is 5.54. The number of aromatic nitrogens is 2. The number of benzene rings is 2. The van der Waals surface area contributed by atoms with Crippen molar-refractivity contribution in [3.8, 4) is 0 Å². The molecule has 0 bridgehead atoms. The van der Waals surface area contributed by atoms with E-state index in [4.69, 9.17) is 0 Å². The highest BCUT2D eigenvalue weighted by Gasteiger charge is 2.16. The highest BCUT2D eigenvalue weighted by atomic mass is 19.1. The van der Waals surface area contributed by atoms with Crippen molar-refractivity contribution in [2.45, 2.75) is 13.5 Å². The first kappa shape index (κ1) is 20.3. The molecule has 0 atom stereocenters. The fourth-order valence-electron chi connectivity index (χ4n) is 2.96. The van der Waals surface area contributed by atoms with Gasteiger partial charge in [-0.2, -0.15) is 0 Å². The number of nitrogens with zero attached hydrogens (tertiary/aromatic N) is 4. The summed E-state index contributed by atoms with van der Waals surface area (Å²) in [5, 5.41) is 2.68. The average molecular weight is 397 g/mol. The van der Waals surface area contributed by atoms with Crippen molar-refractivity contribution in [3.05, 3.63) is 59.2 Å². The molecule has 0 saturated carbocycles. The van der Waals surface area contributed by atoms with Gasteiger partial charge in [-0.05, 0) is 42.8 Å². The Balaban J connectivity index is 1.77. The van der Waals surface area contributed by atoms with E-state index < -0.39 is 0 Å². The van der Waals surface area contributed by atoms with E-state index in [-0.39, 0.29) is 24.3 Å². The highest BCUT2D eigenvalue weighted by molar-refractivity contribution is 5.97. The lowest BCUT2D eigenvalue weighted by Crippen LogP contribution is -2.31. The molecule has 3 rings (SSSR count). The molecular weight excluding hydrogens is 373 g/mol. The van der Waals surface area contributed by atoms with E-state index in [9.17, 15) is 14.0 Å². The van der Waals surface area contributed by atoms with Crippen LogP contribution < -0.4 is 5.32 Å². The summed E-state index contributed by atoms with van der Waals surface area (Å²) in [6, 6.07) is 9.54. The molecule has 3 amide bonds. The van der Waals surface area contributed by atoms with Crippen LogP contribution in [0.3, 0.4) is 0 Å². The Morgan fingerprint density at radius 1 is 1.14 bits per heavy atom. The predicted molar refractivity (Wildman–Crippen MR) is 110 cm³/mol. The van der Waals surface area contributed by atoms with E-state index in [1.165, 1.54) is 15.9 Å². The van der Waals surface area contributed by atoms with Crippen molar-refractivity contribution in [2.75, 3.05) is 26.5 Å². The quantitative estimate of drug-likeness (QED) is 0.734. The molecule has 0 spiro atoms. The molecule has 0 aliphatic heterocycles. The third-order valence-corrected chi connectivity index (χ3v) is 4.77. The molecule has 8 heteroatoms. The average Bonchev–Trinajstić information content (AvgIpc) is 2.98. The maximum absolute atomic E-state index is 13.7. The number of carbonyl (C=O) groups excluding carboxylic acids is 2. The van der Waals surface area contributed by atoms with Gasteiger partial charge in [0.1, 0.15) is 11.6 Å². The van der Waals surface area contributed by atoms with Gasteiger partial charge in [0.2, 0.25) is 0 Å². The van der Waals surface area contributed by atoms with Crippen LogP contribution in [0.1, 0.15) is 21.7 Å². The first-order valence-electron chi connectivity index (χ1n) is 9.12. The number of amides is 3. The Morgan fingerprint density at radius 2 is 1.86 bits per heavy atom. The number of halogens is 1. The van der Waals surface area contributed by atoms with Crippen LogP contribution in [0, 0.1) is 12.7 Å². The zero-order chi connectivity index (χ0) is 21.3.